The van der Waals surface area contributed by atoms with Crippen LogP contribution in [0.2, 0.25) is 0 Å². The van der Waals surface area contributed by atoms with Gasteiger partial charge in [-0.05, 0) is 44.9 Å². The van der Waals surface area contributed by atoms with Gasteiger partial charge in [-0.25, -0.2) is 5.84 Å². The molecule has 2 atom stereocenters. The molecule has 118 valence electrons. The van der Waals surface area contributed by atoms with Crippen molar-refractivity contribution < 1.29 is 9.47 Å². The fraction of sp³-hybridized carbons (Fsp3) is 0.786. The molecule has 21 heavy (non-hydrogen) atoms. The highest BCUT2D eigenvalue weighted by atomic mass is 16.5. The molecule has 1 aromatic heterocycles. The lowest BCUT2D eigenvalue weighted by Gasteiger charge is -2.30. The second-order valence-corrected chi connectivity index (χ2v) is 6.19. The summed E-state index contributed by atoms with van der Waals surface area (Å²) in [5.41, 5.74) is 2.41. The van der Waals surface area contributed by atoms with Gasteiger partial charge in [0.2, 0.25) is 5.95 Å². The maximum atomic E-state index is 5.92. The Hall–Kier alpha value is -1.63. The van der Waals surface area contributed by atoms with Gasteiger partial charge in [-0.2, -0.15) is 9.97 Å². The fourth-order valence-electron chi connectivity index (χ4n) is 2.84. The molecule has 0 saturated heterocycles. The summed E-state index contributed by atoms with van der Waals surface area (Å²) in [5, 5.41) is 0. The normalized spacial score (nSPS) is 25.7. The van der Waals surface area contributed by atoms with Gasteiger partial charge in [0, 0.05) is 0 Å². The molecule has 1 aromatic rings. The second-order valence-electron chi connectivity index (χ2n) is 6.19. The van der Waals surface area contributed by atoms with E-state index in [0.29, 0.717) is 11.8 Å². The summed E-state index contributed by atoms with van der Waals surface area (Å²) in [6.07, 6.45) is 3.38. The molecule has 0 bridgehead atoms. The first kappa shape index (κ1) is 15.8. The van der Waals surface area contributed by atoms with Gasteiger partial charge in [-0.15, -0.1) is 4.98 Å². The topological polar surface area (TPSA) is 95.2 Å². The van der Waals surface area contributed by atoms with E-state index in [0.717, 1.165) is 12.8 Å². The lowest BCUT2D eigenvalue weighted by Crippen LogP contribution is -2.29. The Morgan fingerprint density at radius 1 is 1.05 bits per heavy atom. The lowest BCUT2D eigenvalue weighted by atomic mass is 9.82. The molecule has 1 fully saturated rings. The predicted molar refractivity (Wildman–Crippen MR) is 80.0 cm³/mol. The Balaban J connectivity index is 2.11. The Morgan fingerprint density at radius 2 is 1.67 bits per heavy atom. The highest BCUT2D eigenvalue weighted by Gasteiger charge is 2.26. The van der Waals surface area contributed by atoms with Gasteiger partial charge in [0.05, 0.1) is 6.10 Å². The van der Waals surface area contributed by atoms with E-state index in [1.54, 1.807) is 0 Å². The zero-order valence-corrected chi connectivity index (χ0v) is 13.2. The van der Waals surface area contributed by atoms with E-state index in [4.69, 9.17) is 15.3 Å². The smallest absolute Gasteiger partial charge is 0.324 e. The average Bonchev–Trinajstić information content (AvgIpc) is 2.36. The number of aromatic nitrogens is 3. The standard InChI is InChI=1S/C14H25N5O2/c1-8(2)20-13-16-12(19-15)17-14(18-13)21-11-6-9(3)5-10(4)7-11/h8-11H,5-7,15H2,1-4H3,(H,16,17,18,19). The van der Waals surface area contributed by atoms with Crippen LogP contribution in [0.5, 0.6) is 12.0 Å². The first-order chi connectivity index (χ1) is 9.96. The van der Waals surface area contributed by atoms with Crippen molar-refractivity contribution >= 4 is 5.95 Å². The van der Waals surface area contributed by atoms with Gasteiger partial charge in [-0.3, -0.25) is 5.43 Å². The van der Waals surface area contributed by atoms with Gasteiger partial charge in [0.25, 0.3) is 0 Å². The number of hydrazine groups is 1. The maximum absolute atomic E-state index is 5.92. The third-order valence-electron chi connectivity index (χ3n) is 3.47. The van der Waals surface area contributed by atoms with Crippen LogP contribution in [0.15, 0.2) is 0 Å². The predicted octanol–water partition coefficient (Wildman–Crippen LogP) is 2.15. The number of hydrogen-bond acceptors (Lipinski definition) is 7. The van der Waals surface area contributed by atoms with Crippen LogP contribution < -0.4 is 20.7 Å². The molecule has 1 aliphatic rings. The fourth-order valence-corrected chi connectivity index (χ4v) is 2.84. The quantitative estimate of drug-likeness (QED) is 0.634. The van der Waals surface area contributed by atoms with Crippen molar-refractivity contribution in [1.82, 2.24) is 15.0 Å². The molecule has 7 heteroatoms. The SMILES string of the molecule is CC1CC(C)CC(Oc2nc(NN)nc(OC(C)C)n2)C1. The van der Waals surface area contributed by atoms with E-state index >= 15 is 0 Å². The van der Waals surface area contributed by atoms with E-state index < -0.39 is 0 Å². The number of anilines is 1. The van der Waals surface area contributed by atoms with Crippen molar-refractivity contribution in [3.63, 3.8) is 0 Å². The summed E-state index contributed by atoms with van der Waals surface area (Å²) in [7, 11) is 0. The van der Waals surface area contributed by atoms with E-state index in [-0.39, 0.29) is 30.2 Å². The molecule has 2 rings (SSSR count). The van der Waals surface area contributed by atoms with Crippen LogP contribution in [0, 0.1) is 11.8 Å². The van der Waals surface area contributed by atoms with E-state index in [1.807, 2.05) is 13.8 Å². The lowest BCUT2D eigenvalue weighted by molar-refractivity contribution is 0.0901. The van der Waals surface area contributed by atoms with Crippen molar-refractivity contribution in [3.05, 3.63) is 0 Å². The Kier molecular flexibility index (Phi) is 5.17. The van der Waals surface area contributed by atoms with Crippen LogP contribution in [-0.2, 0) is 0 Å². The maximum Gasteiger partial charge on any atom is 0.324 e. The van der Waals surface area contributed by atoms with Crippen molar-refractivity contribution in [2.24, 2.45) is 17.7 Å². The summed E-state index contributed by atoms with van der Waals surface area (Å²) in [6, 6.07) is 0.486. The summed E-state index contributed by atoms with van der Waals surface area (Å²) >= 11 is 0. The molecule has 0 spiro atoms. The molecule has 7 nitrogen and oxygen atoms in total. The number of nitrogens with two attached hydrogens (primary N) is 1. The minimum Gasteiger partial charge on any atom is -0.461 e. The average molecular weight is 295 g/mol. The third-order valence-corrected chi connectivity index (χ3v) is 3.47. The monoisotopic (exact) mass is 295 g/mol. The molecule has 3 N–H and O–H groups in total. The van der Waals surface area contributed by atoms with Gasteiger partial charge in [0.15, 0.2) is 0 Å². The summed E-state index contributed by atoms with van der Waals surface area (Å²) in [6.45, 7) is 8.31. The van der Waals surface area contributed by atoms with E-state index in [2.05, 4.69) is 34.2 Å². The Morgan fingerprint density at radius 3 is 2.24 bits per heavy atom. The first-order valence-corrected chi connectivity index (χ1v) is 7.52. The molecule has 0 aliphatic heterocycles. The minimum atomic E-state index is -0.0272. The van der Waals surface area contributed by atoms with Gasteiger partial charge in [-0.1, -0.05) is 13.8 Å². The van der Waals surface area contributed by atoms with Crippen molar-refractivity contribution in [2.45, 2.75) is 59.2 Å². The van der Waals surface area contributed by atoms with E-state index in [9.17, 15) is 0 Å². The molecule has 0 amide bonds. The molecule has 1 aliphatic carbocycles. The zero-order valence-electron chi connectivity index (χ0n) is 13.2. The van der Waals surface area contributed by atoms with Crippen LogP contribution in [-0.4, -0.2) is 27.2 Å². The minimum absolute atomic E-state index is 0.0272. The highest BCUT2D eigenvalue weighted by molar-refractivity contribution is 5.25. The van der Waals surface area contributed by atoms with Crippen LogP contribution in [0.1, 0.15) is 47.0 Å². The number of nitrogens with one attached hydrogen (secondary N) is 1. The Bertz CT molecular complexity index is 459. The molecular weight excluding hydrogens is 270 g/mol. The van der Waals surface area contributed by atoms with E-state index in [1.165, 1.54) is 6.42 Å². The van der Waals surface area contributed by atoms with Gasteiger partial charge in [0.1, 0.15) is 6.10 Å². The number of nitrogen functional groups attached to an aromatic ring is 1. The third kappa shape index (κ3) is 4.70. The van der Waals surface area contributed by atoms with Crippen molar-refractivity contribution in [1.29, 1.82) is 0 Å². The number of ether oxygens (including phenoxy) is 2. The summed E-state index contributed by atoms with van der Waals surface area (Å²) in [4.78, 5) is 12.4. The largest absolute Gasteiger partial charge is 0.461 e. The first-order valence-electron chi connectivity index (χ1n) is 7.52. The van der Waals surface area contributed by atoms with Crippen LogP contribution in [0.4, 0.5) is 5.95 Å². The number of hydrogen-bond donors (Lipinski definition) is 2. The second kappa shape index (κ2) is 6.89. The molecular formula is C14H25N5O2. The molecule has 1 heterocycles. The van der Waals surface area contributed by atoms with Crippen molar-refractivity contribution in [2.75, 3.05) is 5.43 Å². The van der Waals surface area contributed by atoms with Gasteiger partial charge < -0.3 is 9.47 Å². The van der Waals surface area contributed by atoms with Gasteiger partial charge >= 0.3 is 12.0 Å². The highest BCUT2D eigenvalue weighted by Crippen LogP contribution is 2.30. The summed E-state index contributed by atoms with van der Waals surface area (Å²) < 4.78 is 11.4. The summed E-state index contributed by atoms with van der Waals surface area (Å²) in [5.74, 6) is 6.93. The van der Waals surface area contributed by atoms with Crippen LogP contribution in [0.3, 0.4) is 0 Å². The molecule has 1 saturated carbocycles. The molecule has 2 unspecified atom stereocenters. The number of nitrogens with zero attached hydrogens (tertiary/aromatic N) is 3. The van der Waals surface area contributed by atoms with Crippen LogP contribution in [0.25, 0.3) is 0 Å². The van der Waals surface area contributed by atoms with Crippen molar-refractivity contribution in [3.8, 4) is 12.0 Å². The number of rotatable bonds is 5. The molecule has 0 aromatic carbocycles. The molecule has 0 radical (unpaired) electrons. The Labute approximate surface area is 125 Å². The van der Waals surface area contributed by atoms with Crippen LogP contribution >= 0.6 is 0 Å². The zero-order chi connectivity index (χ0) is 15.4.